The van der Waals surface area contributed by atoms with Gasteiger partial charge in [-0.2, -0.15) is 13.2 Å². The molecule has 1 amide bonds. The second-order valence-corrected chi connectivity index (χ2v) is 12.6. The number of carbonyl (C=O) groups is 1. The lowest BCUT2D eigenvalue weighted by molar-refractivity contribution is -0.137. The molecule has 3 aromatic carbocycles. The zero-order valence-electron chi connectivity index (χ0n) is 23.4. The maximum absolute atomic E-state index is 13.4. The third-order valence-electron chi connectivity index (χ3n) is 7.81. The number of aliphatic hydroxyl groups is 1. The first-order valence-corrected chi connectivity index (χ1v) is 15.7. The van der Waals surface area contributed by atoms with Gasteiger partial charge in [-0.3, -0.25) is 9.69 Å². The van der Waals surface area contributed by atoms with Gasteiger partial charge in [0.25, 0.3) is 5.91 Å². The van der Waals surface area contributed by atoms with Crippen LogP contribution >= 0.6 is 0 Å². The molecule has 3 N–H and O–H groups in total. The summed E-state index contributed by atoms with van der Waals surface area (Å²) in [4.78, 5) is 15.3. The Kier molecular flexibility index (Phi) is 9.40. The molecule has 8 nitrogen and oxygen atoms in total. The first-order chi connectivity index (χ1) is 20.5. The summed E-state index contributed by atoms with van der Waals surface area (Å²) in [6.07, 6.45) is -2.42. The molecule has 0 aromatic heterocycles. The number of sulfonamides is 1. The Balaban J connectivity index is 1.32. The van der Waals surface area contributed by atoms with Crippen LogP contribution in [0.1, 0.15) is 60.0 Å². The van der Waals surface area contributed by atoms with Crippen molar-refractivity contribution in [2.24, 2.45) is 0 Å². The zero-order chi connectivity index (χ0) is 30.6. The Morgan fingerprint density at radius 3 is 2.37 bits per heavy atom. The number of alkyl halides is 3. The van der Waals surface area contributed by atoms with Crippen LogP contribution in [0.15, 0.2) is 77.7 Å². The van der Waals surface area contributed by atoms with E-state index in [1.165, 1.54) is 19.3 Å². The molecule has 1 unspecified atom stereocenters. The number of carbonyl (C=O) groups excluding carboxylic acids is 1. The van der Waals surface area contributed by atoms with Gasteiger partial charge in [-0.25, -0.2) is 13.1 Å². The lowest BCUT2D eigenvalue weighted by Gasteiger charge is -2.30. The van der Waals surface area contributed by atoms with Crippen molar-refractivity contribution < 1.29 is 36.2 Å². The zero-order valence-corrected chi connectivity index (χ0v) is 24.2. The number of halogens is 3. The van der Waals surface area contributed by atoms with E-state index in [9.17, 15) is 31.5 Å². The van der Waals surface area contributed by atoms with Crippen molar-refractivity contribution in [2.75, 3.05) is 19.7 Å². The van der Waals surface area contributed by atoms with E-state index in [1.54, 1.807) is 30.3 Å². The van der Waals surface area contributed by atoms with Crippen LogP contribution in [0, 0.1) is 0 Å². The molecular formula is C31H34F3N3O5S. The van der Waals surface area contributed by atoms with Gasteiger partial charge in [-0.05, 0) is 67.4 Å². The summed E-state index contributed by atoms with van der Waals surface area (Å²) in [5.41, 5.74) is 1.17. The quantitative estimate of drug-likeness (QED) is 0.321. The number of ether oxygens (including phenoxy) is 1. The molecule has 0 bridgehead atoms. The van der Waals surface area contributed by atoms with E-state index in [1.807, 2.05) is 18.2 Å². The van der Waals surface area contributed by atoms with Crippen LogP contribution in [0.4, 0.5) is 13.2 Å². The van der Waals surface area contributed by atoms with Gasteiger partial charge in [0.05, 0.1) is 29.1 Å². The highest BCUT2D eigenvalue weighted by Crippen LogP contribution is 2.34. The number of benzene rings is 3. The Labute approximate surface area is 248 Å². The summed E-state index contributed by atoms with van der Waals surface area (Å²) in [6, 6.07) is 15.0. The molecule has 230 valence electrons. The molecule has 2 heterocycles. The fourth-order valence-corrected chi connectivity index (χ4v) is 6.73. The predicted octanol–water partition coefficient (Wildman–Crippen LogP) is 4.71. The molecule has 2 aliphatic heterocycles. The second kappa shape index (κ2) is 13.0. The van der Waals surface area contributed by atoms with Crippen molar-refractivity contribution in [3.63, 3.8) is 0 Å². The SMILES string of the molecule is O=C(N[C@@H]1CCOc2cc(CN3CCCCC3)ccc21)C(O)[C@@H](NS(=O)(=O)c1ccc(C(F)(F)F)cc1)c1ccccc1. The number of hydrogen-bond acceptors (Lipinski definition) is 6. The topological polar surface area (TPSA) is 108 Å². The molecule has 0 aliphatic carbocycles. The maximum Gasteiger partial charge on any atom is 0.416 e. The molecule has 12 heteroatoms. The predicted molar refractivity (Wildman–Crippen MR) is 154 cm³/mol. The van der Waals surface area contributed by atoms with E-state index >= 15 is 0 Å². The van der Waals surface area contributed by atoms with Gasteiger partial charge in [-0.15, -0.1) is 0 Å². The Hall–Kier alpha value is -3.45. The number of likely N-dealkylation sites (tertiary alicyclic amines) is 1. The molecule has 0 saturated carbocycles. The average molecular weight is 618 g/mol. The summed E-state index contributed by atoms with van der Waals surface area (Å²) in [6.45, 7) is 3.27. The standard InChI is InChI=1S/C31H34F3N3O5S/c32-31(33,34)23-10-12-24(13-11-23)43(40,41)36-28(22-7-3-1-4-8-22)29(38)30(39)35-26-15-18-42-27-19-21(9-14-25(26)27)20-37-16-5-2-6-17-37/h1,3-4,7-14,19,26,28-29,36,38H,2,5-6,15-18,20H2,(H,35,39)/t26-,28+,29?/m1/s1. The van der Waals surface area contributed by atoms with Crippen LogP contribution in [0.3, 0.4) is 0 Å². The van der Waals surface area contributed by atoms with Crippen molar-refractivity contribution in [2.45, 2.75) is 61.5 Å². The van der Waals surface area contributed by atoms with Crippen LogP contribution in [0.25, 0.3) is 0 Å². The van der Waals surface area contributed by atoms with Gasteiger partial charge in [0, 0.05) is 18.5 Å². The first kappa shape index (κ1) is 31.0. The second-order valence-electron chi connectivity index (χ2n) is 10.9. The normalized spacial score (nSPS) is 19.1. The lowest BCUT2D eigenvalue weighted by Crippen LogP contribution is -2.46. The monoisotopic (exact) mass is 617 g/mol. The maximum atomic E-state index is 13.4. The van der Waals surface area contributed by atoms with Crippen LogP contribution < -0.4 is 14.8 Å². The Morgan fingerprint density at radius 2 is 1.70 bits per heavy atom. The highest BCUT2D eigenvalue weighted by Gasteiger charge is 2.35. The van der Waals surface area contributed by atoms with E-state index in [0.717, 1.165) is 42.9 Å². The van der Waals surface area contributed by atoms with E-state index < -0.39 is 50.8 Å². The van der Waals surface area contributed by atoms with Gasteiger partial charge >= 0.3 is 6.18 Å². The van der Waals surface area contributed by atoms with E-state index in [2.05, 4.69) is 14.9 Å². The first-order valence-electron chi connectivity index (χ1n) is 14.2. The number of nitrogens with one attached hydrogen (secondary N) is 2. The third kappa shape index (κ3) is 7.56. The number of amides is 1. The lowest BCUT2D eigenvalue weighted by atomic mass is 9.97. The van der Waals surface area contributed by atoms with Crippen molar-refractivity contribution in [3.8, 4) is 5.75 Å². The van der Waals surface area contributed by atoms with Crippen LogP contribution in [0.5, 0.6) is 5.75 Å². The number of aliphatic hydroxyl groups excluding tert-OH is 1. The molecule has 43 heavy (non-hydrogen) atoms. The van der Waals surface area contributed by atoms with Crippen molar-refractivity contribution >= 4 is 15.9 Å². The van der Waals surface area contributed by atoms with Crippen LogP contribution in [-0.4, -0.2) is 50.1 Å². The van der Waals surface area contributed by atoms with Crippen LogP contribution in [-0.2, 0) is 27.5 Å². The molecule has 5 rings (SSSR count). The minimum atomic E-state index is -4.63. The summed E-state index contributed by atoms with van der Waals surface area (Å²) in [5, 5.41) is 14.0. The fraction of sp³-hybridized carbons (Fsp3) is 0.387. The molecule has 3 atom stereocenters. The molecule has 2 aliphatic rings. The molecule has 0 spiro atoms. The van der Waals surface area contributed by atoms with Gasteiger partial charge in [-0.1, -0.05) is 48.9 Å². The summed E-state index contributed by atoms with van der Waals surface area (Å²) in [7, 11) is -4.43. The number of fused-ring (bicyclic) bond motifs is 1. The molecular weight excluding hydrogens is 583 g/mol. The highest BCUT2D eigenvalue weighted by atomic mass is 32.2. The van der Waals surface area contributed by atoms with Crippen LogP contribution in [0.2, 0.25) is 0 Å². The highest BCUT2D eigenvalue weighted by molar-refractivity contribution is 7.89. The van der Waals surface area contributed by atoms with Gasteiger partial charge in [0.15, 0.2) is 6.10 Å². The molecule has 1 saturated heterocycles. The van der Waals surface area contributed by atoms with Crippen molar-refractivity contribution in [3.05, 3.63) is 95.1 Å². The number of piperidine rings is 1. The largest absolute Gasteiger partial charge is 0.493 e. The minimum absolute atomic E-state index is 0.301. The minimum Gasteiger partial charge on any atom is -0.493 e. The molecule has 0 radical (unpaired) electrons. The Morgan fingerprint density at radius 1 is 1.00 bits per heavy atom. The van der Waals surface area contributed by atoms with Gasteiger partial charge in [0.1, 0.15) is 5.75 Å². The van der Waals surface area contributed by atoms with Gasteiger partial charge in [0.2, 0.25) is 10.0 Å². The number of rotatable bonds is 9. The van der Waals surface area contributed by atoms with E-state index in [4.69, 9.17) is 4.74 Å². The summed E-state index contributed by atoms with van der Waals surface area (Å²) >= 11 is 0. The molecule has 3 aromatic rings. The van der Waals surface area contributed by atoms with E-state index in [0.29, 0.717) is 36.5 Å². The number of hydrogen-bond donors (Lipinski definition) is 3. The van der Waals surface area contributed by atoms with E-state index in [-0.39, 0.29) is 0 Å². The summed E-state index contributed by atoms with van der Waals surface area (Å²) < 4.78 is 73.5. The third-order valence-corrected chi connectivity index (χ3v) is 9.26. The van der Waals surface area contributed by atoms with Gasteiger partial charge < -0.3 is 15.2 Å². The van der Waals surface area contributed by atoms with Crippen molar-refractivity contribution in [1.82, 2.24) is 14.9 Å². The smallest absolute Gasteiger partial charge is 0.416 e. The average Bonchev–Trinajstić information content (AvgIpc) is 3.00. The Bertz CT molecular complexity index is 1510. The van der Waals surface area contributed by atoms with Crippen molar-refractivity contribution in [1.29, 1.82) is 0 Å². The molecule has 1 fully saturated rings. The summed E-state index contributed by atoms with van der Waals surface area (Å²) in [5.74, 6) is -0.151. The fourth-order valence-electron chi connectivity index (χ4n) is 5.50. The number of nitrogens with zero attached hydrogens (tertiary/aromatic N) is 1.